The van der Waals surface area contributed by atoms with Gasteiger partial charge < -0.3 is 4.74 Å². The Morgan fingerprint density at radius 1 is 1.67 bits per heavy atom. The van der Waals surface area contributed by atoms with E-state index in [9.17, 15) is 0 Å². The van der Waals surface area contributed by atoms with Crippen molar-refractivity contribution in [2.75, 3.05) is 5.52 Å². The fourth-order valence-corrected chi connectivity index (χ4v) is 1.75. The van der Waals surface area contributed by atoms with Crippen molar-refractivity contribution in [3.8, 4) is 5.75 Å². The van der Waals surface area contributed by atoms with E-state index in [-0.39, 0.29) is 0 Å². The van der Waals surface area contributed by atoms with Gasteiger partial charge in [-0.1, -0.05) is 0 Å². The van der Waals surface area contributed by atoms with Crippen LogP contribution in [0.15, 0.2) is 15.2 Å². The van der Waals surface area contributed by atoms with Crippen LogP contribution in [0.3, 0.4) is 0 Å². The first-order valence-electron chi connectivity index (χ1n) is 2.25. The Balaban J connectivity index is 2.61. The van der Waals surface area contributed by atoms with Gasteiger partial charge >= 0.3 is 0 Å². The molecule has 0 saturated carbocycles. The molecule has 9 heavy (non-hydrogen) atoms. The van der Waals surface area contributed by atoms with Gasteiger partial charge in [0.2, 0.25) is 0 Å². The molecule has 50 valence electrons. The number of rotatable bonds is 2. The molecule has 0 bridgehead atoms. The Morgan fingerprint density at radius 3 is 2.89 bits per heavy atom. The molecule has 1 heterocycles. The van der Waals surface area contributed by atoms with Crippen LogP contribution < -0.4 is 4.74 Å². The van der Waals surface area contributed by atoms with Crippen LogP contribution in [0.25, 0.3) is 0 Å². The number of hydrogen-bond acceptors (Lipinski definition) is 2. The second-order valence-electron chi connectivity index (χ2n) is 1.34. The molecule has 1 rings (SSSR count). The quantitative estimate of drug-likeness (QED) is 0.751. The molecule has 0 radical (unpaired) electrons. The number of halogens is 2. The van der Waals surface area contributed by atoms with Crippen LogP contribution in [0.2, 0.25) is 0 Å². The fraction of sp³-hybridized carbons (Fsp3) is 0.200. The second kappa shape index (κ2) is 3.58. The standard InChI is InChI=1S/C5H4Br2OS/c6-3-8-4-1-5(7)9-2-4/h1-2H,3H2. The van der Waals surface area contributed by atoms with E-state index in [2.05, 4.69) is 31.9 Å². The Kier molecular flexibility index (Phi) is 3.01. The van der Waals surface area contributed by atoms with Crippen LogP contribution in [0.5, 0.6) is 5.75 Å². The highest BCUT2D eigenvalue weighted by atomic mass is 79.9. The van der Waals surface area contributed by atoms with Crippen LogP contribution >= 0.6 is 43.2 Å². The van der Waals surface area contributed by atoms with Crippen LogP contribution in [0.1, 0.15) is 0 Å². The molecule has 0 fully saturated rings. The van der Waals surface area contributed by atoms with Gasteiger partial charge in [-0.3, -0.25) is 0 Å². The lowest BCUT2D eigenvalue weighted by atomic mass is 10.6. The highest BCUT2D eigenvalue weighted by molar-refractivity contribution is 9.11. The van der Waals surface area contributed by atoms with Gasteiger partial charge in [-0.15, -0.1) is 11.3 Å². The molecular formula is C5H4Br2OS. The Bertz CT molecular complexity index is 187. The van der Waals surface area contributed by atoms with E-state index in [1.54, 1.807) is 11.3 Å². The molecule has 4 heteroatoms. The maximum atomic E-state index is 5.12. The zero-order chi connectivity index (χ0) is 6.69. The first-order valence-corrected chi connectivity index (χ1v) is 5.05. The van der Waals surface area contributed by atoms with Gasteiger partial charge in [0, 0.05) is 11.4 Å². The van der Waals surface area contributed by atoms with Gasteiger partial charge in [0.25, 0.3) is 0 Å². The monoisotopic (exact) mass is 270 g/mol. The summed E-state index contributed by atoms with van der Waals surface area (Å²) in [6, 6.07) is 1.94. The number of hydrogen-bond donors (Lipinski definition) is 0. The second-order valence-corrected chi connectivity index (χ2v) is 4.09. The Hall–Kier alpha value is 0.460. The zero-order valence-electron chi connectivity index (χ0n) is 4.43. The molecule has 0 spiro atoms. The SMILES string of the molecule is BrCOc1csc(Br)c1. The van der Waals surface area contributed by atoms with Crippen molar-refractivity contribution in [2.24, 2.45) is 0 Å². The minimum absolute atomic E-state index is 0.552. The van der Waals surface area contributed by atoms with Gasteiger partial charge in [0.1, 0.15) is 11.3 Å². The van der Waals surface area contributed by atoms with Crippen molar-refractivity contribution in [1.82, 2.24) is 0 Å². The van der Waals surface area contributed by atoms with E-state index in [0.717, 1.165) is 9.54 Å². The minimum atomic E-state index is 0.552. The highest BCUT2D eigenvalue weighted by Gasteiger charge is 1.94. The van der Waals surface area contributed by atoms with Crippen LogP contribution in [-0.2, 0) is 0 Å². The Labute approximate surface area is 74.3 Å². The van der Waals surface area contributed by atoms with Crippen molar-refractivity contribution >= 4 is 43.2 Å². The third-order valence-electron chi connectivity index (χ3n) is 0.765. The largest absolute Gasteiger partial charge is 0.482 e. The summed E-state index contributed by atoms with van der Waals surface area (Å²) in [5.41, 5.74) is 0.552. The molecule has 0 amide bonds. The van der Waals surface area contributed by atoms with E-state index in [4.69, 9.17) is 4.74 Å². The summed E-state index contributed by atoms with van der Waals surface area (Å²) in [6.07, 6.45) is 0. The van der Waals surface area contributed by atoms with Crippen molar-refractivity contribution in [2.45, 2.75) is 0 Å². The maximum Gasteiger partial charge on any atom is 0.143 e. The van der Waals surface area contributed by atoms with E-state index < -0.39 is 0 Å². The average Bonchev–Trinajstić information content (AvgIpc) is 2.17. The topological polar surface area (TPSA) is 9.23 Å². The average molecular weight is 272 g/mol. The first-order chi connectivity index (χ1) is 4.33. The third kappa shape index (κ3) is 2.27. The highest BCUT2D eigenvalue weighted by Crippen LogP contribution is 2.26. The molecule has 0 aromatic carbocycles. The molecule has 1 aromatic heterocycles. The van der Waals surface area contributed by atoms with Crippen LogP contribution in [-0.4, -0.2) is 5.52 Å². The maximum absolute atomic E-state index is 5.12. The molecular weight excluding hydrogens is 268 g/mol. The predicted octanol–water partition coefficient (Wildman–Crippen LogP) is 3.24. The summed E-state index contributed by atoms with van der Waals surface area (Å²) in [4.78, 5) is 0. The zero-order valence-corrected chi connectivity index (χ0v) is 8.42. The lowest BCUT2D eigenvalue weighted by Gasteiger charge is -1.93. The molecule has 0 aliphatic heterocycles. The summed E-state index contributed by atoms with van der Waals surface area (Å²) in [7, 11) is 0. The van der Waals surface area contributed by atoms with Crippen LogP contribution in [0.4, 0.5) is 0 Å². The van der Waals surface area contributed by atoms with Crippen LogP contribution in [0, 0.1) is 0 Å². The number of alkyl halides is 1. The number of thiophene rings is 1. The molecule has 0 aliphatic rings. The molecule has 0 unspecified atom stereocenters. The molecule has 1 aromatic rings. The predicted molar refractivity (Wildman–Crippen MR) is 46.4 cm³/mol. The molecule has 0 N–H and O–H groups in total. The lowest BCUT2D eigenvalue weighted by Crippen LogP contribution is -1.83. The van der Waals surface area contributed by atoms with Crippen molar-refractivity contribution < 1.29 is 4.74 Å². The third-order valence-corrected chi connectivity index (χ3v) is 2.48. The fourth-order valence-electron chi connectivity index (χ4n) is 0.433. The summed E-state index contributed by atoms with van der Waals surface area (Å²) in [5, 5.41) is 1.95. The van der Waals surface area contributed by atoms with E-state index in [0.29, 0.717) is 5.52 Å². The van der Waals surface area contributed by atoms with Crippen molar-refractivity contribution in [3.05, 3.63) is 15.2 Å². The molecule has 0 aliphatic carbocycles. The van der Waals surface area contributed by atoms with Crippen molar-refractivity contribution in [3.63, 3.8) is 0 Å². The van der Waals surface area contributed by atoms with E-state index in [1.807, 2.05) is 11.4 Å². The summed E-state index contributed by atoms with van der Waals surface area (Å²) in [5.74, 6) is 0.906. The lowest BCUT2D eigenvalue weighted by molar-refractivity contribution is 0.399. The minimum Gasteiger partial charge on any atom is -0.482 e. The molecule has 0 saturated heterocycles. The van der Waals surface area contributed by atoms with E-state index in [1.165, 1.54) is 0 Å². The molecule has 0 atom stereocenters. The first kappa shape index (κ1) is 7.57. The van der Waals surface area contributed by atoms with Gasteiger partial charge in [-0.25, -0.2) is 0 Å². The summed E-state index contributed by atoms with van der Waals surface area (Å²) >= 11 is 8.10. The smallest absolute Gasteiger partial charge is 0.143 e. The van der Waals surface area contributed by atoms with Gasteiger partial charge in [0.15, 0.2) is 0 Å². The van der Waals surface area contributed by atoms with E-state index >= 15 is 0 Å². The van der Waals surface area contributed by atoms with Crippen molar-refractivity contribution in [1.29, 1.82) is 0 Å². The Morgan fingerprint density at radius 2 is 2.44 bits per heavy atom. The number of ether oxygens (including phenoxy) is 1. The normalized spacial score (nSPS) is 9.56. The summed E-state index contributed by atoms with van der Waals surface area (Å²) in [6.45, 7) is 0. The summed E-state index contributed by atoms with van der Waals surface area (Å²) < 4.78 is 6.22. The van der Waals surface area contributed by atoms with Gasteiger partial charge in [-0.2, -0.15) is 0 Å². The molecule has 1 nitrogen and oxygen atoms in total. The van der Waals surface area contributed by atoms with Gasteiger partial charge in [0.05, 0.1) is 3.79 Å². The van der Waals surface area contributed by atoms with Gasteiger partial charge in [-0.05, 0) is 31.9 Å².